The van der Waals surface area contributed by atoms with E-state index in [4.69, 9.17) is 5.73 Å². The summed E-state index contributed by atoms with van der Waals surface area (Å²) < 4.78 is 1.09. The predicted octanol–water partition coefficient (Wildman–Crippen LogP) is 5.04. The van der Waals surface area contributed by atoms with E-state index in [-0.39, 0.29) is 0 Å². The first-order valence-electron chi connectivity index (χ1n) is 6.23. The van der Waals surface area contributed by atoms with Gasteiger partial charge in [-0.15, -0.1) is 0 Å². The molecule has 0 aliphatic heterocycles. The molecule has 2 aromatic carbocycles. The van der Waals surface area contributed by atoms with Gasteiger partial charge in [0.25, 0.3) is 0 Å². The molecule has 3 aromatic rings. The number of nitrogens with two attached hydrogens (primary N) is 1. The summed E-state index contributed by atoms with van der Waals surface area (Å²) in [5.74, 6) is 0. The van der Waals surface area contributed by atoms with Crippen LogP contribution in [0.4, 0.5) is 5.69 Å². The van der Waals surface area contributed by atoms with E-state index in [9.17, 15) is 0 Å². The van der Waals surface area contributed by atoms with E-state index in [0.29, 0.717) is 0 Å². The van der Waals surface area contributed by atoms with Gasteiger partial charge in [-0.05, 0) is 59.3 Å². The Balaban J connectivity index is 2.15. The van der Waals surface area contributed by atoms with Gasteiger partial charge in [-0.3, -0.25) is 4.98 Å². The number of nitrogen functional groups attached to an aromatic ring is 1. The van der Waals surface area contributed by atoms with Gasteiger partial charge in [-0.1, -0.05) is 23.9 Å². The minimum Gasteiger partial charge on any atom is -0.399 e. The molecule has 0 fully saturated rings. The summed E-state index contributed by atoms with van der Waals surface area (Å²) in [4.78, 5) is 6.92. The zero-order chi connectivity index (χ0) is 14.1. The fourth-order valence-corrected chi connectivity index (χ4v) is 3.65. The van der Waals surface area contributed by atoms with Gasteiger partial charge in [-0.25, -0.2) is 0 Å². The third-order valence-electron chi connectivity index (χ3n) is 2.98. The third kappa shape index (κ3) is 2.67. The fraction of sp³-hybridized carbons (Fsp3) is 0.0625. The van der Waals surface area contributed by atoms with Gasteiger partial charge in [0.2, 0.25) is 0 Å². The second kappa shape index (κ2) is 5.46. The number of aryl methyl sites for hydroxylation is 1. The van der Waals surface area contributed by atoms with E-state index in [1.54, 1.807) is 11.8 Å². The summed E-state index contributed by atoms with van der Waals surface area (Å²) in [6.07, 6.45) is 0. The van der Waals surface area contributed by atoms with Crippen molar-refractivity contribution in [1.29, 1.82) is 0 Å². The molecule has 20 heavy (non-hydrogen) atoms. The first-order chi connectivity index (χ1) is 9.63. The molecule has 0 bridgehead atoms. The van der Waals surface area contributed by atoms with E-state index in [0.717, 1.165) is 26.8 Å². The lowest BCUT2D eigenvalue weighted by Gasteiger charge is -2.09. The quantitative estimate of drug-likeness (QED) is 0.662. The van der Waals surface area contributed by atoms with Crippen molar-refractivity contribution in [2.45, 2.75) is 16.7 Å². The number of benzene rings is 2. The zero-order valence-corrected chi connectivity index (χ0v) is 13.3. The van der Waals surface area contributed by atoms with E-state index in [1.807, 2.05) is 43.3 Å². The summed E-state index contributed by atoms with van der Waals surface area (Å²) >= 11 is 5.31. The molecule has 2 N–H and O–H groups in total. The minimum atomic E-state index is 0.761. The van der Waals surface area contributed by atoms with E-state index >= 15 is 0 Å². The number of fused-ring (bicyclic) bond motifs is 1. The van der Waals surface area contributed by atoms with Crippen molar-refractivity contribution >= 4 is 44.3 Å². The van der Waals surface area contributed by atoms with Crippen LogP contribution in [0.15, 0.2) is 62.8 Å². The van der Waals surface area contributed by atoms with Crippen molar-refractivity contribution in [3.05, 3.63) is 58.7 Å². The first kappa shape index (κ1) is 13.5. The first-order valence-corrected chi connectivity index (χ1v) is 7.84. The molecule has 0 atom stereocenters. The Hall–Kier alpha value is -1.52. The molecule has 4 heteroatoms. The van der Waals surface area contributed by atoms with Crippen LogP contribution in [0.1, 0.15) is 5.69 Å². The Kier molecular flexibility index (Phi) is 3.68. The molecule has 0 unspecified atom stereocenters. The summed E-state index contributed by atoms with van der Waals surface area (Å²) in [5.41, 5.74) is 8.66. The number of anilines is 1. The number of aromatic nitrogens is 1. The normalized spacial score (nSPS) is 10.9. The van der Waals surface area contributed by atoms with Crippen molar-refractivity contribution in [1.82, 2.24) is 4.98 Å². The molecule has 0 saturated carbocycles. The molecule has 1 aromatic heterocycles. The highest BCUT2D eigenvalue weighted by Gasteiger charge is 2.08. The van der Waals surface area contributed by atoms with Crippen LogP contribution in [0.3, 0.4) is 0 Å². The number of hydrogen-bond acceptors (Lipinski definition) is 3. The predicted molar refractivity (Wildman–Crippen MR) is 89.2 cm³/mol. The molecule has 3 rings (SSSR count). The third-order valence-corrected chi connectivity index (χ3v) is 5.07. The Morgan fingerprint density at radius 3 is 2.65 bits per heavy atom. The molecular weight excluding hydrogens is 332 g/mol. The summed E-state index contributed by atoms with van der Waals surface area (Å²) in [6, 6.07) is 16.2. The maximum Gasteiger partial charge on any atom is 0.0718 e. The van der Waals surface area contributed by atoms with Crippen LogP contribution in [0.25, 0.3) is 10.9 Å². The maximum atomic E-state index is 5.91. The Morgan fingerprint density at radius 2 is 1.85 bits per heavy atom. The van der Waals surface area contributed by atoms with Crippen LogP contribution in [0.2, 0.25) is 0 Å². The highest BCUT2D eigenvalue weighted by molar-refractivity contribution is 9.10. The van der Waals surface area contributed by atoms with Gasteiger partial charge in [0.15, 0.2) is 0 Å². The highest BCUT2D eigenvalue weighted by atomic mass is 79.9. The number of halogens is 1. The molecule has 100 valence electrons. The molecule has 0 spiro atoms. The largest absolute Gasteiger partial charge is 0.399 e. The highest BCUT2D eigenvalue weighted by Crippen LogP contribution is 2.37. The lowest BCUT2D eigenvalue weighted by atomic mass is 10.2. The lowest BCUT2D eigenvalue weighted by molar-refractivity contribution is 1.22. The van der Waals surface area contributed by atoms with Crippen LogP contribution in [0, 0.1) is 6.92 Å². The molecule has 0 amide bonds. The van der Waals surface area contributed by atoms with Crippen LogP contribution < -0.4 is 5.73 Å². The number of pyridine rings is 1. The summed E-state index contributed by atoms with van der Waals surface area (Å²) in [7, 11) is 0. The van der Waals surface area contributed by atoms with Crippen molar-refractivity contribution in [3.63, 3.8) is 0 Å². The Morgan fingerprint density at radius 1 is 1.05 bits per heavy atom. The van der Waals surface area contributed by atoms with Crippen LogP contribution >= 0.6 is 27.7 Å². The fourth-order valence-electron chi connectivity index (χ4n) is 2.07. The monoisotopic (exact) mass is 344 g/mol. The molecule has 2 nitrogen and oxygen atoms in total. The van der Waals surface area contributed by atoms with Gasteiger partial charge in [0.05, 0.1) is 5.52 Å². The zero-order valence-electron chi connectivity index (χ0n) is 10.9. The van der Waals surface area contributed by atoms with E-state index < -0.39 is 0 Å². The average molecular weight is 345 g/mol. The smallest absolute Gasteiger partial charge is 0.0718 e. The topological polar surface area (TPSA) is 38.9 Å². The van der Waals surface area contributed by atoms with Crippen molar-refractivity contribution in [2.75, 3.05) is 5.73 Å². The number of hydrogen-bond donors (Lipinski definition) is 1. The molecule has 0 saturated heterocycles. The SMILES string of the molecule is Cc1cc(Sc2ccccc2Br)c2cc(N)ccc2n1. The maximum absolute atomic E-state index is 5.91. The van der Waals surface area contributed by atoms with Crippen LogP contribution in [-0.4, -0.2) is 4.98 Å². The van der Waals surface area contributed by atoms with Gasteiger partial charge in [-0.2, -0.15) is 0 Å². The number of nitrogens with zero attached hydrogens (tertiary/aromatic N) is 1. The Bertz CT molecular complexity index is 787. The van der Waals surface area contributed by atoms with Gasteiger partial charge < -0.3 is 5.73 Å². The molecule has 0 radical (unpaired) electrons. The second-order valence-electron chi connectivity index (χ2n) is 4.57. The summed E-state index contributed by atoms with van der Waals surface area (Å²) in [6.45, 7) is 2.01. The molecular formula is C16H13BrN2S. The molecule has 0 aliphatic carbocycles. The summed E-state index contributed by atoms with van der Waals surface area (Å²) in [5, 5.41) is 1.09. The number of rotatable bonds is 2. The van der Waals surface area contributed by atoms with Gasteiger partial charge in [0.1, 0.15) is 0 Å². The van der Waals surface area contributed by atoms with Crippen molar-refractivity contribution < 1.29 is 0 Å². The lowest BCUT2D eigenvalue weighted by Crippen LogP contribution is -1.90. The minimum absolute atomic E-state index is 0.761. The molecule has 1 heterocycles. The van der Waals surface area contributed by atoms with Crippen molar-refractivity contribution in [2.24, 2.45) is 0 Å². The van der Waals surface area contributed by atoms with E-state index in [2.05, 4.69) is 33.0 Å². The van der Waals surface area contributed by atoms with Crippen LogP contribution in [-0.2, 0) is 0 Å². The van der Waals surface area contributed by atoms with E-state index in [1.165, 1.54) is 9.79 Å². The van der Waals surface area contributed by atoms with Gasteiger partial charge in [0, 0.05) is 31.0 Å². The standard InChI is InChI=1S/C16H13BrN2S/c1-10-8-16(20-15-5-3-2-4-13(15)17)12-9-11(18)6-7-14(12)19-10/h2-9H,18H2,1H3. The second-order valence-corrected chi connectivity index (χ2v) is 6.51. The van der Waals surface area contributed by atoms with Crippen molar-refractivity contribution in [3.8, 4) is 0 Å². The Labute approximate surface area is 130 Å². The van der Waals surface area contributed by atoms with Crippen LogP contribution in [0.5, 0.6) is 0 Å². The average Bonchev–Trinajstić information content (AvgIpc) is 2.42. The van der Waals surface area contributed by atoms with Gasteiger partial charge >= 0.3 is 0 Å². The molecule has 0 aliphatic rings.